The molecular formula is C15H18N6O. The first-order valence-corrected chi connectivity index (χ1v) is 7.66. The summed E-state index contributed by atoms with van der Waals surface area (Å²) in [7, 11) is 0. The fraction of sp³-hybridized carbons (Fsp3) is 0.467. The highest BCUT2D eigenvalue weighted by atomic mass is 16.1. The molecule has 1 aliphatic carbocycles. The van der Waals surface area contributed by atoms with Gasteiger partial charge in [0.1, 0.15) is 5.52 Å². The van der Waals surface area contributed by atoms with E-state index in [1.165, 1.54) is 12.8 Å². The minimum atomic E-state index is 0.517. The van der Waals surface area contributed by atoms with E-state index in [1.807, 2.05) is 6.07 Å². The van der Waals surface area contributed by atoms with Gasteiger partial charge in [-0.15, -0.1) is 0 Å². The highest BCUT2D eigenvalue weighted by Gasteiger charge is 2.26. The van der Waals surface area contributed by atoms with Crippen molar-refractivity contribution in [2.24, 2.45) is 0 Å². The first-order chi connectivity index (χ1) is 10.8. The topological polar surface area (TPSA) is 74.2 Å². The molecule has 1 N–H and O–H groups in total. The molecule has 0 aromatic carbocycles. The van der Waals surface area contributed by atoms with Gasteiger partial charge in [0.05, 0.1) is 11.7 Å². The van der Waals surface area contributed by atoms with Crippen LogP contribution in [0.5, 0.6) is 0 Å². The molecule has 7 nitrogen and oxygen atoms in total. The Kier molecular flexibility index (Phi) is 3.25. The van der Waals surface area contributed by atoms with E-state index in [0.717, 1.165) is 55.3 Å². The highest BCUT2D eigenvalue weighted by molar-refractivity contribution is 5.80. The van der Waals surface area contributed by atoms with E-state index >= 15 is 0 Å². The van der Waals surface area contributed by atoms with Crippen LogP contribution in [0.3, 0.4) is 0 Å². The van der Waals surface area contributed by atoms with Gasteiger partial charge in [-0.2, -0.15) is 0 Å². The van der Waals surface area contributed by atoms with Gasteiger partial charge in [0, 0.05) is 38.4 Å². The molecule has 0 unspecified atom stereocenters. The zero-order valence-corrected chi connectivity index (χ0v) is 12.3. The number of carbonyl (C=O) groups excluding carboxylic acids is 1. The van der Waals surface area contributed by atoms with Crippen LogP contribution in [0.15, 0.2) is 18.5 Å². The quantitative estimate of drug-likeness (QED) is 0.845. The van der Waals surface area contributed by atoms with Crippen molar-refractivity contribution in [3.8, 4) is 0 Å². The summed E-state index contributed by atoms with van der Waals surface area (Å²) in [6.45, 7) is 3.00. The summed E-state index contributed by atoms with van der Waals surface area (Å²) in [6, 6.07) is 2.40. The van der Waals surface area contributed by atoms with Crippen molar-refractivity contribution in [1.82, 2.24) is 19.9 Å². The van der Waals surface area contributed by atoms with E-state index in [4.69, 9.17) is 9.97 Å². The van der Waals surface area contributed by atoms with Crippen LogP contribution >= 0.6 is 0 Å². The lowest BCUT2D eigenvalue weighted by atomic mass is 10.3. The molecule has 1 amide bonds. The van der Waals surface area contributed by atoms with Gasteiger partial charge in [-0.25, -0.2) is 9.97 Å². The summed E-state index contributed by atoms with van der Waals surface area (Å²) in [5.74, 6) is 1.72. The number of piperazine rings is 1. The number of hydrogen-bond donors (Lipinski definition) is 1. The first-order valence-electron chi connectivity index (χ1n) is 7.66. The van der Waals surface area contributed by atoms with Gasteiger partial charge in [-0.1, -0.05) is 0 Å². The molecule has 1 saturated carbocycles. The number of nitrogens with zero attached hydrogens (tertiary/aromatic N) is 5. The van der Waals surface area contributed by atoms with E-state index in [-0.39, 0.29) is 0 Å². The third-order valence-corrected chi connectivity index (χ3v) is 4.13. The van der Waals surface area contributed by atoms with Crippen LogP contribution in [0, 0.1) is 0 Å². The van der Waals surface area contributed by atoms with Gasteiger partial charge in [0.15, 0.2) is 11.6 Å². The zero-order valence-electron chi connectivity index (χ0n) is 12.3. The molecule has 2 aromatic heterocycles. The van der Waals surface area contributed by atoms with E-state index in [1.54, 1.807) is 17.3 Å². The molecule has 22 heavy (non-hydrogen) atoms. The average Bonchev–Trinajstić information content (AvgIpc) is 3.38. The van der Waals surface area contributed by atoms with Crippen molar-refractivity contribution in [1.29, 1.82) is 0 Å². The largest absolute Gasteiger partial charge is 0.364 e. The van der Waals surface area contributed by atoms with Crippen molar-refractivity contribution in [2.45, 2.75) is 18.9 Å². The Morgan fingerprint density at radius 1 is 1.14 bits per heavy atom. The van der Waals surface area contributed by atoms with E-state index in [9.17, 15) is 4.79 Å². The molecule has 1 aliphatic heterocycles. The molecule has 7 heteroatoms. The van der Waals surface area contributed by atoms with Crippen LogP contribution in [0.4, 0.5) is 11.6 Å². The standard InChI is InChI=1S/C15H18N6O/c22-10-20-5-7-21(8-6-20)15-14(17-11-1-2-11)18-12-3-4-16-9-13(12)19-15/h3-4,9-11H,1-2,5-8H2,(H,17,18). The molecule has 2 fully saturated rings. The molecule has 114 valence electrons. The normalized spacial score (nSPS) is 18.5. The van der Waals surface area contributed by atoms with Crippen LogP contribution in [0.25, 0.3) is 11.0 Å². The molecule has 1 saturated heterocycles. The maximum Gasteiger partial charge on any atom is 0.209 e. The summed E-state index contributed by atoms with van der Waals surface area (Å²) in [4.78, 5) is 28.5. The van der Waals surface area contributed by atoms with Gasteiger partial charge in [0.2, 0.25) is 6.41 Å². The Morgan fingerprint density at radius 3 is 2.68 bits per heavy atom. The maximum absolute atomic E-state index is 10.9. The SMILES string of the molecule is O=CN1CCN(c2nc3cnccc3nc2NC2CC2)CC1. The lowest BCUT2D eigenvalue weighted by molar-refractivity contribution is -0.118. The second-order valence-corrected chi connectivity index (χ2v) is 5.81. The number of nitrogens with one attached hydrogen (secondary N) is 1. The summed E-state index contributed by atoms with van der Waals surface area (Å²) in [5.41, 5.74) is 1.66. The van der Waals surface area contributed by atoms with E-state index in [0.29, 0.717) is 6.04 Å². The number of aromatic nitrogens is 3. The van der Waals surface area contributed by atoms with Crippen molar-refractivity contribution in [2.75, 3.05) is 36.4 Å². The number of amides is 1. The Hall–Kier alpha value is -2.44. The molecular weight excluding hydrogens is 280 g/mol. The van der Waals surface area contributed by atoms with E-state index < -0.39 is 0 Å². The smallest absolute Gasteiger partial charge is 0.209 e. The Bertz CT molecular complexity index is 693. The maximum atomic E-state index is 10.9. The van der Waals surface area contributed by atoms with Crippen molar-refractivity contribution < 1.29 is 4.79 Å². The summed E-state index contributed by atoms with van der Waals surface area (Å²) >= 11 is 0. The number of hydrogen-bond acceptors (Lipinski definition) is 6. The van der Waals surface area contributed by atoms with Crippen LogP contribution < -0.4 is 10.2 Å². The van der Waals surface area contributed by atoms with Crippen LogP contribution in [0.2, 0.25) is 0 Å². The van der Waals surface area contributed by atoms with Crippen LogP contribution in [-0.4, -0.2) is 58.5 Å². The van der Waals surface area contributed by atoms with Gasteiger partial charge in [-0.3, -0.25) is 9.78 Å². The van der Waals surface area contributed by atoms with Crippen molar-refractivity contribution in [3.63, 3.8) is 0 Å². The highest BCUT2D eigenvalue weighted by Crippen LogP contribution is 2.30. The van der Waals surface area contributed by atoms with Gasteiger partial charge < -0.3 is 15.1 Å². The van der Waals surface area contributed by atoms with Gasteiger partial charge in [-0.05, 0) is 18.9 Å². The Labute approximate surface area is 128 Å². The second-order valence-electron chi connectivity index (χ2n) is 5.81. The van der Waals surface area contributed by atoms with Gasteiger partial charge in [0.25, 0.3) is 0 Å². The van der Waals surface area contributed by atoms with Crippen LogP contribution in [-0.2, 0) is 4.79 Å². The lowest BCUT2D eigenvalue weighted by Gasteiger charge is -2.34. The number of anilines is 2. The molecule has 0 radical (unpaired) electrons. The van der Waals surface area contributed by atoms with Gasteiger partial charge >= 0.3 is 0 Å². The number of rotatable bonds is 4. The fourth-order valence-corrected chi connectivity index (χ4v) is 2.67. The summed E-state index contributed by atoms with van der Waals surface area (Å²) < 4.78 is 0. The molecule has 2 aromatic rings. The lowest BCUT2D eigenvalue weighted by Crippen LogP contribution is -2.46. The molecule has 0 bridgehead atoms. The predicted octanol–water partition coefficient (Wildman–Crippen LogP) is 0.877. The molecule has 3 heterocycles. The average molecular weight is 298 g/mol. The molecule has 0 atom stereocenters. The minimum absolute atomic E-state index is 0.517. The third-order valence-electron chi connectivity index (χ3n) is 4.13. The summed E-state index contributed by atoms with van der Waals surface area (Å²) in [5, 5.41) is 3.48. The van der Waals surface area contributed by atoms with Crippen molar-refractivity contribution >= 4 is 29.1 Å². The summed E-state index contributed by atoms with van der Waals surface area (Å²) in [6.07, 6.45) is 6.77. The number of pyridine rings is 1. The monoisotopic (exact) mass is 298 g/mol. The number of carbonyl (C=O) groups is 1. The fourth-order valence-electron chi connectivity index (χ4n) is 2.67. The number of fused-ring (bicyclic) bond motifs is 1. The molecule has 0 spiro atoms. The predicted molar refractivity (Wildman–Crippen MR) is 83.8 cm³/mol. The zero-order chi connectivity index (χ0) is 14.9. The third kappa shape index (κ3) is 2.54. The second kappa shape index (κ2) is 5.40. The van der Waals surface area contributed by atoms with Crippen LogP contribution in [0.1, 0.15) is 12.8 Å². The van der Waals surface area contributed by atoms with Crippen molar-refractivity contribution in [3.05, 3.63) is 18.5 Å². The molecule has 2 aliphatic rings. The Balaban J connectivity index is 1.69. The van der Waals surface area contributed by atoms with E-state index in [2.05, 4.69) is 15.2 Å². The first kappa shape index (κ1) is 13.2. The molecule has 4 rings (SSSR count). The minimum Gasteiger partial charge on any atom is -0.364 e. The Morgan fingerprint density at radius 2 is 1.95 bits per heavy atom.